The SMILES string of the molecule is Cc1ccc(C)c(CC(=O)N(C)CC#N)c1. The fourth-order valence-corrected chi connectivity index (χ4v) is 1.48. The van der Waals surface area contributed by atoms with Gasteiger partial charge >= 0.3 is 0 Å². The molecule has 0 aliphatic heterocycles. The van der Waals surface area contributed by atoms with Crippen molar-refractivity contribution in [3.05, 3.63) is 34.9 Å². The number of benzene rings is 1. The number of likely N-dealkylation sites (N-methyl/N-ethyl adjacent to an activating group) is 1. The molecule has 16 heavy (non-hydrogen) atoms. The fraction of sp³-hybridized carbons (Fsp3) is 0.385. The zero-order valence-corrected chi connectivity index (χ0v) is 9.95. The quantitative estimate of drug-likeness (QED) is 0.723. The van der Waals surface area contributed by atoms with Gasteiger partial charge in [0.05, 0.1) is 12.5 Å². The van der Waals surface area contributed by atoms with Crippen molar-refractivity contribution in [3.63, 3.8) is 0 Å². The number of hydrogen-bond acceptors (Lipinski definition) is 2. The van der Waals surface area contributed by atoms with Crippen molar-refractivity contribution >= 4 is 5.91 Å². The standard InChI is InChI=1S/C13H16N2O/c1-10-4-5-11(2)12(8-10)9-13(16)15(3)7-6-14/h4-5,8H,7,9H2,1-3H3. The molecule has 1 aromatic rings. The predicted molar refractivity (Wildman–Crippen MR) is 62.9 cm³/mol. The lowest BCUT2D eigenvalue weighted by Gasteiger charge is -2.14. The number of nitrogens with zero attached hydrogens (tertiary/aromatic N) is 2. The molecule has 0 radical (unpaired) electrons. The molecule has 1 rings (SSSR count). The largest absolute Gasteiger partial charge is 0.332 e. The van der Waals surface area contributed by atoms with E-state index in [0.717, 1.165) is 16.7 Å². The van der Waals surface area contributed by atoms with Crippen molar-refractivity contribution in [2.75, 3.05) is 13.6 Å². The summed E-state index contributed by atoms with van der Waals surface area (Å²) in [5.41, 5.74) is 3.30. The molecule has 0 N–H and O–H groups in total. The van der Waals surface area contributed by atoms with Gasteiger partial charge < -0.3 is 4.90 Å². The van der Waals surface area contributed by atoms with Crippen LogP contribution in [0.1, 0.15) is 16.7 Å². The molecule has 3 nitrogen and oxygen atoms in total. The summed E-state index contributed by atoms with van der Waals surface area (Å²) in [5.74, 6) is -0.0183. The number of rotatable bonds is 3. The molecule has 0 atom stereocenters. The Morgan fingerprint density at radius 3 is 2.75 bits per heavy atom. The Kier molecular flexibility index (Phi) is 4.07. The molecule has 84 valence electrons. The fourth-order valence-electron chi connectivity index (χ4n) is 1.48. The lowest BCUT2D eigenvalue weighted by atomic mass is 10.0. The van der Waals surface area contributed by atoms with Crippen molar-refractivity contribution < 1.29 is 4.79 Å². The summed E-state index contributed by atoms with van der Waals surface area (Å²) >= 11 is 0. The Morgan fingerprint density at radius 1 is 1.44 bits per heavy atom. The van der Waals surface area contributed by atoms with Gasteiger partial charge in [0.1, 0.15) is 6.54 Å². The molecule has 3 heteroatoms. The summed E-state index contributed by atoms with van der Waals surface area (Å²) in [4.78, 5) is 13.2. The van der Waals surface area contributed by atoms with Gasteiger partial charge in [-0.3, -0.25) is 4.79 Å². The lowest BCUT2D eigenvalue weighted by molar-refractivity contribution is -0.128. The summed E-state index contributed by atoms with van der Waals surface area (Å²) in [5, 5.41) is 8.51. The first-order valence-electron chi connectivity index (χ1n) is 5.21. The van der Waals surface area contributed by atoms with Gasteiger partial charge in [-0.25, -0.2) is 0 Å². The summed E-state index contributed by atoms with van der Waals surface area (Å²) < 4.78 is 0. The maximum atomic E-state index is 11.7. The van der Waals surface area contributed by atoms with Crippen LogP contribution in [0.5, 0.6) is 0 Å². The van der Waals surface area contributed by atoms with E-state index in [-0.39, 0.29) is 12.5 Å². The van der Waals surface area contributed by atoms with Gasteiger partial charge in [0.2, 0.25) is 5.91 Å². The van der Waals surface area contributed by atoms with Crippen molar-refractivity contribution in [3.8, 4) is 6.07 Å². The Morgan fingerprint density at radius 2 is 2.12 bits per heavy atom. The van der Waals surface area contributed by atoms with Crippen LogP contribution in [0.3, 0.4) is 0 Å². The van der Waals surface area contributed by atoms with E-state index in [1.807, 2.05) is 38.1 Å². The molecule has 0 unspecified atom stereocenters. The van der Waals surface area contributed by atoms with Gasteiger partial charge in [0.25, 0.3) is 0 Å². The number of aryl methyl sites for hydroxylation is 2. The average Bonchev–Trinajstić information content (AvgIpc) is 2.23. The number of carbonyl (C=O) groups is 1. The maximum Gasteiger partial charge on any atom is 0.227 e. The Hall–Kier alpha value is -1.82. The van der Waals surface area contributed by atoms with Crippen molar-refractivity contribution in [2.24, 2.45) is 0 Å². The average molecular weight is 216 g/mol. The topological polar surface area (TPSA) is 44.1 Å². The highest BCUT2D eigenvalue weighted by atomic mass is 16.2. The second-order valence-corrected chi connectivity index (χ2v) is 4.01. The van der Waals surface area contributed by atoms with E-state index in [1.165, 1.54) is 4.90 Å². The van der Waals surface area contributed by atoms with Crippen LogP contribution >= 0.6 is 0 Å². The Labute approximate surface area is 96.3 Å². The molecule has 0 saturated heterocycles. The molecular formula is C13H16N2O. The third kappa shape index (κ3) is 3.09. The molecule has 0 fully saturated rings. The molecular weight excluding hydrogens is 200 g/mol. The number of carbonyl (C=O) groups excluding carboxylic acids is 1. The monoisotopic (exact) mass is 216 g/mol. The Bertz CT molecular complexity index is 432. The molecule has 0 aliphatic rings. The smallest absolute Gasteiger partial charge is 0.227 e. The first-order chi connectivity index (χ1) is 7.54. The first kappa shape index (κ1) is 12.3. The number of nitriles is 1. The van der Waals surface area contributed by atoms with Crippen molar-refractivity contribution in [1.29, 1.82) is 5.26 Å². The van der Waals surface area contributed by atoms with E-state index in [9.17, 15) is 4.79 Å². The summed E-state index contributed by atoms with van der Waals surface area (Å²) in [6.07, 6.45) is 0.367. The summed E-state index contributed by atoms with van der Waals surface area (Å²) in [6, 6.07) is 8.03. The second-order valence-electron chi connectivity index (χ2n) is 4.01. The molecule has 0 aromatic heterocycles. The van der Waals surface area contributed by atoms with Crippen LogP contribution in [0.4, 0.5) is 0 Å². The van der Waals surface area contributed by atoms with Gasteiger partial charge in [-0.05, 0) is 25.0 Å². The lowest BCUT2D eigenvalue weighted by Crippen LogP contribution is -2.28. The van der Waals surface area contributed by atoms with E-state index in [4.69, 9.17) is 5.26 Å². The zero-order chi connectivity index (χ0) is 12.1. The van der Waals surface area contributed by atoms with Crippen LogP contribution < -0.4 is 0 Å². The summed E-state index contributed by atoms with van der Waals surface area (Å²) in [7, 11) is 1.65. The second kappa shape index (κ2) is 5.32. The molecule has 0 heterocycles. The highest BCUT2D eigenvalue weighted by molar-refractivity contribution is 5.79. The minimum absolute atomic E-state index is 0.0183. The molecule has 1 aromatic carbocycles. The van der Waals surface area contributed by atoms with Gasteiger partial charge in [-0.1, -0.05) is 23.8 Å². The number of amides is 1. The van der Waals surface area contributed by atoms with E-state index in [2.05, 4.69) is 0 Å². The minimum Gasteiger partial charge on any atom is -0.332 e. The van der Waals surface area contributed by atoms with Crippen molar-refractivity contribution in [2.45, 2.75) is 20.3 Å². The molecule has 0 aliphatic carbocycles. The highest BCUT2D eigenvalue weighted by Gasteiger charge is 2.10. The van der Waals surface area contributed by atoms with Crippen LogP contribution in [0.15, 0.2) is 18.2 Å². The van der Waals surface area contributed by atoms with Crippen molar-refractivity contribution in [1.82, 2.24) is 4.90 Å². The third-order valence-electron chi connectivity index (χ3n) is 2.58. The van der Waals surface area contributed by atoms with Gasteiger partial charge in [-0.2, -0.15) is 5.26 Å². The molecule has 0 spiro atoms. The van der Waals surface area contributed by atoms with Gasteiger partial charge in [-0.15, -0.1) is 0 Å². The normalized spacial score (nSPS) is 9.62. The predicted octanol–water partition coefficient (Wildman–Crippen LogP) is 1.83. The van der Waals surface area contributed by atoms with E-state index >= 15 is 0 Å². The van der Waals surface area contributed by atoms with Gasteiger partial charge in [0, 0.05) is 7.05 Å². The van der Waals surface area contributed by atoms with Crippen LogP contribution in [-0.4, -0.2) is 24.4 Å². The van der Waals surface area contributed by atoms with Crippen LogP contribution in [0.2, 0.25) is 0 Å². The van der Waals surface area contributed by atoms with Crippen LogP contribution in [0.25, 0.3) is 0 Å². The van der Waals surface area contributed by atoms with Gasteiger partial charge in [0.15, 0.2) is 0 Å². The van der Waals surface area contributed by atoms with Crippen LogP contribution in [-0.2, 0) is 11.2 Å². The Balaban J connectivity index is 2.77. The van der Waals surface area contributed by atoms with E-state index in [1.54, 1.807) is 7.05 Å². The maximum absolute atomic E-state index is 11.7. The van der Waals surface area contributed by atoms with E-state index in [0.29, 0.717) is 6.42 Å². The minimum atomic E-state index is -0.0183. The molecule has 0 saturated carbocycles. The molecule has 1 amide bonds. The summed E-state index contributed by atoms with van der Waals surface area (Å²) in [6.45, 7) is 4.14. The third-order valence-corrected chi connectivity index (χ3v) is 2.58. The first-order valence-corrected chi connectivity index (χ1v) is 5.21. The number of hydrogen-bond donors (Lipinski definition) is 0. The highest BCUT2D eigenvalue weighted by Crippen LogP contribution is 2.12. The van der Waals surface area contributed by atoms with Crippen LogP contribution in [0, 0.1) is 25.2 Å². The zero-order valence-electron chi connectivity index (χ0n) is 9.95. The molecule has 0 bridgehead atoms. The van der Waals surface area contributed by atoms with E-state index < -0.39 is 0 Å².